The fraction of sp³-hybridized carbons (Fsp3) is 0.364. The van der Waals surface area contributed by atoms with Crippen LogP contribution in [0.5, 0.6) is 0 Å². The monoisotopic (exact) mass is 413 g/mol. The van der Waals surface area contributed by atoms with Gasteiger partial charge in [-0.2, -0.15) is 0 Å². The third-order valence-electron chi connectivity index (χ3n) is 5.13. The van der Waals surface area contributed by atoms with Crippen LogP contribution in [-0.2, 0) is 9.59 Å². The molecule has 1 heterocycles. The maximum absolute atomic E-state index is 13.9. The first-order valence-electron chi connectivity index (χ1n) is 10.0. The molecule has 2 amide bonds. The van der Waals surface area contributed by atoms with Crippen LogP contribution in [0.1, 0.15) is 0 Å². The molecule has 30 heavy (non-hydrogen) atoms. The Labute approximate surface area is 176 Å². The second-order valence-electron chi connectivity index (χ2n) is 7.43. The summed E-state index contributed by atoms with van der Waals surface area (Å²) in [5.74, 6) is -1.55. The quantitative estimate of drug-likeness (QED) is 0.707. The van der Waals surface area contributed by atoms with Gasteiger partial charge in [0.1, 0.15) is 5.82 Å². The number of carbonyl (C=O) groups is 2. The highest BCUT2D eigenvalue weighted by Crippen LogP contribution is 2.20. The minimum absolute atomic E-state index is 0.208. The lowest BCUT2D eigenvalue weighted by Gasteiger charge is -2.36. The number of amides is 2. The van der Waals surface area contributed by atoms with Gasteiger partial charge < -0.3 is 20.4 Å². The van der Waals surface area contributed by atoms with E-state index >= 15 is 0 Å². The zero-order valence-corrected chi connectivity index (χ0v) is 17.4. The molecule has 0 saturated carbocycles. The molecular formula is C22H28FN5O2. The van der Waals surface area contributed by atoms with Crippen molar-refractivity contribution < 1.29 is 14.0 Å². The van der Waals surface area contributed by atoms with Gasteiger partial charge in [-0.05, 0) is 36.4 Å². The molecule has 0 radical (unpaired) electrons. The predicted molar refractivity (Wildman–Crippen MR) is 117 cm³/mol. The van der Waals surface area contributed by atoms with E-state index in [-0.39, 0.29) is 5.82 Å². The predicted octanol–water partition coefficient (Wildman–Crippen LogP) is 1.77. The van der Waals surface area contributed by atoms with Gasteiger partial charge in [-0.1, -0.05) is 12.1 Å². The van der Waals surface area contributed by atoms with Crippen molar-refractivity contribution in [2.24, 2.45) is 0 Å². The molecule has 0 spiro atoms. The average molecular weight is 413 g/mol. The lowest BCUT2D eigenvalue weighted by molar-refractivity contribution is -0.136. The Balaban J connectivity index is 1.37. The zero-order valence-electron chi connectivity index (χ0n) is 17.4. The molecule has 7 nitrogen and oxygen atoms in total. The summed E-state index contributed by atoms with van der Waals surface area (Å²) in [4.78, 5) is 30.3. The van der Waals surface area contributed by atoms with Gasteiger partial charge >= 0.3 is 11.8 Å². The van der Waals surface area contributed by atoms with Crippen LogP contribution in [-0.4, -0.2) is 70.1 Å². The van der Waals surface area contributed by atoms with Crippen molar-refractivity contribution in [3.05, 3.63) is 54.3 Å². The minimum atomic E-state index is -0.683. The number of carbonyl (C=O) groups excluding carboxylic acids is 2. The number of anilines is 3. The standard InChI is InChI=1S/C22H28FN5O2/c1-26(2)18-9-7-17(8-10-18)25-22(30)21(29)24-11-12-27-13-15-28(16-14-27)20-6-4-3-5-19(20)23/h3-10H,11-16H2,1-2H3,(H,24,29)(H,25,30). The number of benzene rings is 2. The summed E-state index contributed by atoms with van der Waals surface area (Å²) in [5.41, 5.74) is 2.21. The van der Waals surface area contributed by atoms with Gasteiger partial charge in [0.05, 0.1) is 5.69 Å². The Morgan fingerprint density at radius 1 is 0.967 bits per heavy atom. The van der Waals surface area contributed by atoms with Crippen molar-refractivity contribution in [1.82, 2.24) is 10.2 Å². The van der Waals surface area contributed by atoms with Crippen molar-refractivity contribution in [3.8, 4) is 0 Å². The van der Waals surface area contributed by atoms with Crippen LogP contribution in [0.25, 0.3) is 0 Å². The van der Waals surface area contributed by atoms with E-state index in [1.165, 1.54) is 6.07 Å². The van der Waals surface area contributed by atoms with Crippen molar-refractivity contribution >= 4 is 28.9 Å². The van der Waals surface area contributed by atoms with E-state index in [4.69, 9.17) is 0 Å². The first-order chi connectivity index (χ1) is 14.4. The molecule has 1 aliphatic rings. The Morgan fingerprint density at radius 3 is 2.27 bits per heavy atom. The molecule has 8 heteroatoms. The smallest absolute Gasteiger partial charge is 0.313 e. The molecule has 1 saturated heterocycles. The first-order valence-corrected chi connectivity index (χ1v) is 10.0. The maximum Gasteiger partial charge on any atom is 0.313 e. The van der Waals surface area contributed by atoms with E-state index in [0.717, 1.165) is 31.9 Å². The Bertz CT molecular complexity index is 864. The summed E-state index contributed by atoms with van der Waals surface area (Å²) >= 11 is 0. The molecule has 3 rings (SSSR count). The van der Waals surface area contributed by atoms with Crippen LogP contribution in [0.3, 0.4) is 0 Å². The molecule has 2 aromatic rings. The summed E-state index contributed by atoms with van der Waals surface area (Å²) in [6.07, 6.45) is 0. The van der Waals surface area contributed by atoms with E-state index in [1.807, 2.05) is 42.1 Å². The molecule has 0 atom stereocenters. The summed E-state index contributed by atoms with van der Waals surface area (Å²) in [6, 6.07) is 14.0. The van der Waals surface area contributed by atoms with Gasteiger partial charge in [0.2, 0.25) is 0 Å². The molecule has 2 aromatic carbocycles. The largest absolute Gasteiger partial charge is 0.378 e. The third kappa shape index (κ3) is 5.70. The first kappa shape index (κ1) is 21.6. The van der Waals surface area contributed by atoms with E-state index in [0.29, 0.717) is 24.5 Å². The van der Waals surface area contributed by atoms with Crippen molar-refractivity contribution in [3.63, 3.8) is 0 Å². The molecule has 1 aliphatic heterocycles. The lowest BCUT2D eigenvalue weighted by atomic mass is 10.2. The molecule has 2 N–H and O–H groups in total. The highest BCUT2D eigenvalue weighted by Gasteiger charge is 2.19. The van der Waals surface area contributed by atoms with Gasteiger partial charge in [-0.15, -0.1) is 0 Å². The third-order valence-corrected chi connectivity index (χ3v) is 5.13. The van der Waals surface area contributed by atoms with Crippen molar-refractivity contribution in [1.29, 1.82) is 0 Å². The van der Waals surface area contributed by atoms with Crippen LogP contribution in [0.15, 0.2) is 48.5 Å². The second-order valence-corrected chi connectivity index (χ2v) is 7.43. The number of rotatable bonds is 6. The fourth-order valence-electron chi connectivity index (χ4n) is 3.36. The summed E-state index contributed by atoms with van der Waals surface area (Å²) in [7, 11) is 3.86. The Morgan fingerprint density at radius 2 is 1.63 bits per heavy atom. The van der Waals surface area contributed by atoms with E-state index in [1.54, 1.807) is 24.3 Å². The summed E-state index contributed by atoms with van der Waals surface area (Å²) < 4.78 is 13.9. The number of nitrogens with zero attached hydrogens (tertiary/aromatic N) is 3. The molecule has 0 bridgehead atoms. The molecule has 0 unspecified atom stereocenters. The van der Waals surface area contributed by atoms with E-state index < -0.39 is 11.8 Å². The normalized spacial score (nSPS) is 14.3. The number of para-hydroxylation sites is 1. The van der Waals surface area contributed by atoms with Gasteiger partial charge in [0.15, 0.2) is 0 Å². The lowest BCUT2D eigenvalue weighted by Crippen LogP contribution is -2.49. The van der Waals surface area contributed by atoms with Crippen molar-refractivity contribution in [2.75, 3.05) is 68.5 Å². The molecule has 1 fully saturated rings. The number of hydrogen-bond acceptors (Lipinski definition) is 5. The summed E-state index contributed by atoms with van der Waals surface area (Å²) in [5, 5.41) is 5.26. The Hall–Kier alpha value is -3.13. The van der Waals surface area contributed by atoms with Gasteiger partial charge in [0, 0.05) is 64.7 Å². The van der Waals surface area contributed by atoms with Gasteiger partial charge in [-0.3, -0.25) is 14.5 Å². The van der Waals surface area contributed by atoms with Gasteiger partial charge in [-0.25, -0.2) is 4.39 Å². The Kier molecular flexibility index (Phi) is 7.24. The molecular weight excluding hydrogens is 385 g/mol. The van der Waals surface area contributed by atoms with Gasteiger partial charge in [0.25, 0.3) is 0 Å². The second kappa shape index (κ2) is 10.1. The zero-order chi connectivity index (χ0) is 21.5. The van der Waals surface area contributed by atoms with Crippen LogP contribution < -0.4 is 20.4 Å². The average Bonchev–Trinajstić information content (AvgIpc) is 2.75. The van der Waals surface area contributed by atoms with Crippen molar-refractivity contribution in [2.45, 2.75) is 0 Å². The van der Waals surface area contributed by atoms with Crippen LogP contribution >= 0.6 is 0 Å². The molecule has 0 aliphatic carbocycles. The number of piperazine rings is 1. The highest BCUT2D eigenvalue weighted by molar-refractivity contribution is 6.39. The SMILES string of the molecule is CN(C)c1ccc(NC(=O)C(=O)NCCN2CCN(c3ccccc3F)CC2)cc1. The summed E-state index contributed by atoms with van der Waals surface area (Å²) in [6.45, 7) is 4.01. The number of nitrogens with one attached hydrogen (secondary N) is 2. The number of halogens is 1. The van der Waals surface area contributed by atoms with E-state index in [9.17, 15) is 14.0 Å². The van der Waals surface area contributed by atoms with Crippen LogP contribution in [0.2, 0.25) is 0 Å². The van der Waals surface area contributed by atoms with Crippen LogP contribution in [0.4, 0.5) is 21.5 Å². The topological polar surface area (TPSA) is 67.9 Å². The maximum atomic E-state index is 13.9. The van der Waals surface area contributed by atoms with E-state index in [2.05, 4.69) is 15.5 Å². The molecule has 0 aromatic heterocycles. The fourth-order valence-corrected chi connectivity index (χ4v) is 3.36. The number of hydrogen-bond donors (Lipinski definition) is 2. The minimum Gasteiger partial charge on any atom is -0.378 e. The van der Waals surface area contributed by atoms with Crippen LogP contribution in [0, 0.1) is 5.82 Å². The highest BCUT2D eigenvalue weighted by atomic mass is 19.1. The molecule has 160 valence electrons.